The molecule has 0 spiro atoms. The van der Waals surface area contributed by atoms with Gasteiger partial charge in [-0.3, -0.25) is 0 Å². The summed E-state index contributed by atoms with van der Waals surface area (Å²) >= 11 is 0. The normalized spacial score (nSPS) is 12.4. The Morgan fingerprint density at radius 1 is 0.615 bits per heavy atom. The summed E-state index contributed by atoms with van der Waals surface area (Å²) in [6.45, 7) is 10.8. The van der Waals surface area contributed by atoms with Crippen LogP contribution in [0.15, 0.2) is 60.7 Å². The summed E-state index contributed by atoms with van der Waals surface area (Å²) in [5.41, 5.74) is 12.5. The minimum Gasteiger partial charge on any atom is -0.324 e. The second-order valence-corrected chi connectivity index (χ2v) is 9.63. The van der Waals surface area contributed by atoms with Crippen LogP contribution in [0.25, 0.3) is 0 Å². The summed E-state index contributed by atoms with van der Waals surface area (Å²) in [5, 5.41) is 4.20. The molecule has 0 unspecified atom stereocenters. The molecule has 0 saturated carbocycles. The average molecular weight is 361 g/mol. The Labute approximate surface area is 159 Å². The van der Waals surface area contributed by atoms with Gasteiger partial charge in [-0.05, 0) is 64.0 Å². The Balaban J connectivity index is 2.18. The molecule has 1 nitrogen and oxygen atoms in total. The lowest BCUT2D eigenvalue weighted by Crippen LogP contribution is -2.22. The predicted octanol–water partition coefficient (Wildman–Crippen LogP) is 4.70. The first-order valence-electron chi connectivity index (χ1n) is 9.16. The molecule has 3 aromatic rings. The Hall–Kier alpha value is -1.95. The first-order chi connectivity index (χ1) is 12.3. The minimum absolute atomic E-state index is 0.0673. The van der Waals surface area contributed by atoms with Gasteiger partial charge in [-0.25, -0.2) is 0 Å². The summed E-state index contributed by atoms with van der Waals surface area (Å²) in [7, 11) is -0.583. The standard InChI is InChI=1S/C24H28NP/c1-16-10-17(2)13-23(12-16)26(24-14-18(3)11-19(4)15-24)22-8-6-21(7-9-22)20(5)25/h6-15,20H,25H2,1-5H3/t20-/m0/s1. The van der Waals surface area contributed by atoms with Gasteiger partial charge in [0.2, 0.25) is 0 Å². The fourth-order valence-corrected chi connectivity index (χ4v) is 6.21. The Morgan fingerprint density at radius 2 is 1.00 bits per heavy atom. The van der Waals surface area contributed by atoms with Crippen LogP contribution in [-0.4, -0.2) is 0 Å². The van der Waals surface area contributed by atoms with Gasteiger partial charge < -0.3 is 5.73 Å². The molecule has 3 aromatic carbocycles. The van der Waals surface area contributed by atoms with Gasteiger partial charge in [-0.1, -0.05) is 82.9 Å². The van der Waals surface area contributed by atoms with E-state index in [1.807, 2.05) is 6.92 Å². The van der Waals surface area contributed by atoms with Crippen molar-refractivity contribution in [1.29, 1.82) is 0 Å². The average Bonchev–Trinajstić information content (AvgIpc) is 2.53. The van der Waals surface area contributed by atoms with Crippen molar-refractivity contribution < 1.29 is 0 Å². The molecule has 0 heterocycles. The van der Waals surface area contributed by atoms with E-state index in [0.29, 0.717) is 0 Å². The van der Waals surface area contributed by atoms with E-state index in [1.165, 1.54) is 43.7 Å². The van der Waals surface area contributed by atoms with E-state index in [0.717, 1.165) is 0 Å². The highest BCUT2D eigenvalue weighted by Gasteiger charge is 2.18. The predicted molar refractivity (Wildman–Crippen MR) is 117 cm³/mol. The van der Waals surface area contributed by atoms with Crippen molar-refractivity contribution in [2.45, 2.75) is 40.7 Å². The zero-order valence-electron chi connectivity index (χ0n) is 16.4. The van der Waals surface area contributed by atoms with Gasteiger partial charge in [0.1, 0.15) is 0 Å². The molecule has 2 heteroatoms. The van der Waals surface area contributed by atoms with Crippen LogP contribution in [0.1, 0.15) is 40.8 Å². The molecule has 0 bridgehead atoms. The number of rotatable bonds is 4. The van der Waals surface area contributed by atoms with Crippen molar-refractivity contribution in [3.05, 3.63) is 88.5 Å². The molecule has 0 fully saturated rings. The second kappa shape index (κ2) is 7.74. The summed E-state index contributed by atoms with van der Waals surface area (Å²) in [5.74, 6) is 0. The SMILES string of the molecule is Cc1cc(C)cc(P(c2ccc([C@H](C)N)cc2)c2cc(C)cc(C)c2)c1. The van der Waals surface area contributed by atoms with E-state index >= 15 is 0 Å². The molecule has 26 heavy (non-hydrogen) atoms. The summed E-state index contributed by atoms with van der Waals surface area (Å²) in [6.07, 6.45) is 0. The first kappa shape index (κ1) is 18.8. The van der Waals surface area contributed by atoms with Gasteiger partial charge >= 0.3 is 0 Å². The molecule has 0 aliphatic heterocycles. The number of aryl methyl sites for hydroxylation is 4. The molecule has 3 rings (SSSR count). The van der Waals surface area contributed by atoms with Crippen LogP contribution >= 0.6 is 7.92 Å². The zero-order chi connectivity index (χ0) is 18.8. The second-order valence-electron chi connectivity index (χ2n) is 7.41. The molecule has 0 aliphatic rings. The van der Waals surface area contributed by atoms with Crippen molar-refractivity contribution in [3.63, 3.8) is 0 Å². The van der Waals surface area contributed by atoms with Crippen molar-refractivity contribution in [2.24, 2.45) is 5.73 Å². The maximum Gasteiger partial charge on any atom is 0.0266 e. The van der Waals surface area contributed by atoms with Gasteiger partial charge in [-0.2, -0.15) is 0 Å². The monoisotopic (exact) mass is 361 g/mol. The molecule has 0 aromatic heterocycles. The quantitative estimate of drug-likeness (QED) is 0.670. The molecular weight excluding hydrogens is 333 g/mol. The summed E-state index contributed by atoms with van der Waals surface area (Å²) in [4.78, 5) is 0. The number of nitrogens with two attached hydrogens (primary N) is 1. The molecule has 1 atom stereocenters. The number of benzene rings is 3. The van der Waals surface area contributed by atoms with Crippen LogP contribution in [0.4, 0.5) is 0 Å². The van der Waals surface area contributed by atoms with E-state index in [4.69, 9.17) is 5.73 Å². The number of hydrogen-bond acceptors (Lipinski definition) is 1. The number of hydrogen-bond donors (Lipinski definition) is 1. The van der Waals surface area contributed by atoms with Crippen molar-refractivity contribution >= 4 is 23.8 Å². The van der Waals surface area contributed by atoms with E-state index in [-0.39, 0.29) is 6.04 Å². The van der Waals surface area contributed by atoms with Crippen LogP contribution in [-0.2, 0) is 0 Å². The third kappa shape index (κ3) is 4.23. The maximum atomic E-state index is 6.05. The van der Waals surface area contributed by atoms with E-state index in [2.05, 4.69) is 88.4 Å². The van der Waals surface area contributed by atoms with Gasteiger partial charge in [-0.15, -0.1) is 0 Å². The van der Waals surface area contributed by atoms with Crippen LogP contribution in [0, 0.1) is 27.7 Å². The molecule has 0 aliphatic carbocycles. The van der Waals surface area contributed by atoms with Gasteiger partial charge in [0, 0.05) is 6.04 Å². The third-order valence-corrected chi connectivity index (χ3v) is 6.97. The lowest BCUT2D eigenvalue weighted by Gasteiger charge is -2.22. The van der Waals surface area contributed by atoms with E-state index in [1.54, 1.807) is 0 Å². The lowest BCUT2D eigenvalue weighted by atomic mass is 10.1. The molecule has 0 amide bonds. The molecule has 134 valence electrons. The van der Waals surface area contributed by atoms with Crippen molar-refractivity contribution in [3.8, 4) is 0 Å². The third-order valence-electron chi connectivity index (χ3n) is 4.61. The fraction of sp³-hybridized carbons (Fsp3) is 0.250. The Kier molecular flexibility index (Phi) is 5.61. The summed E-state index contributed by atoms with van der Waals surface area (Å²) in [6, 6.07) is 22.8. The van der Waals surface area contributed by atoms with Gasteiger partial charge in [0.15, 0.2) is 0 Å². The van der Waals surface area contributed by atoms with Crippen LogP contribution < -0.4 is 21.6 Å². The first-order valence-corrected chi connectivity index (χ1v) is 10.5. The van der Waals surface area contributed by atoms with Crippen LogP contribution in [0.3, 0.4) is 0 Å². The maximum absolute atomic E-state index is 6.05. The zero-order valence-corrected chi connectivity index (χ0v) is 17.3. The van der Waals surface area contributed by atoms with E-state index < -0.39 is 7.92 Å². The Bertz CT molecular complexity index is 818. The molecule has 0 radical (unpaired) electrons. The fourth-order valence-electron chi connectivity index (χ4n) is 3.53. The Morgan fingerprint density at radius 3 is 1.35 bits per heavy atom. The van der Waals surface area contributed by atoms with Crippen molar-refractivity contribution in [1.82, 2.24) is 0 Å². The summed E-state index contributed by atoms with van der Waals surface area (Å²) < 4.78 is 0. The molecular formula is C24H28NP. The van der Waals surface area contributed by atoms with Crippen LogP contribution in [0.5, 0.6) is 0 Å². The highest BCUT2D eigenvalue weighted by molar-refractivity contribution is 7.79. The highest BCUT2D eigenvalue weighted by Crippen LogP contribution is 2.34. The van der Waals surface area contributed by atoms with Crippen molar-refractivity contribution in [2.75, 3.05) is 0 Å². The van der Waals surface area contributed by atoms with Gasteiger partial charge in [0.25, 0.3) is 0 Å². The lowest BCUT2D eigenvalue weighted by molar-refractivity contribution is 0.819. The minimum atomic E-state index is -0.583. The van der Waals surface area contributed by atoms with Gasteiger partial charge in [0.05, 0.1) is 0 Å². The molecule has 2 N–H and O–H groups in total. The van der Waals surface area contributed by atoms with Crippen LogP contribution in [0.2, 0.25) is 0 Å². The highest BCUT2D eigenvalue weighted by atomic mass is 31.1. The smallest absolute Gasteiger partial charge is 0.0266 e. The molecule has 0 saturated heterocycles. The van der Waals surface area contributed by atoms with E-state index in [9.17, 15) is 0 Å². The topological polar surface area (TPSA) is 26.0 Å². The largest absolute Gasteiger partial charge is 0.324 e.